The van der Waals surface area contributed by atoms with E-state index in [0.717, 1.165) is 28.6 Å². The van der Waals surface area contributed by atoms with Crippen molar-refractivity contribution in [2.75, 3.05) is 4.90 Å². The Labute approximate surface area is 232 Å². The average Bonchev–Trinajstić information content (AvgIpc) is 3.35. The van der Waals surface area contributed by atoms with Gasteiger partial charge >= 0.3 is 0 Å². The molecule has 0 aliphatic carbocycles. The predicted octanol–water partition coefficient (Wildman–Crippen LogP) is 7.19. The van der Waals surface area contributed by atoms with Crippen molar-refractivity contribution < 1.29 is 4.74 Å². The molecule has 0 bridgehead atoms. The molecule has 0 saturated carbocycles. The van der Waals surface area contributed by atoms with Crippen LogP contribution in [0.4, 0.5) is 17.1 Å². The zero-order chi connectivity index (χ0) is 26.2. The molecule has 6 aromatic carbocycles. The third kappa shape index (κ3) is 2.90. The molecule has 0 saturated heterocycles. The van der Waals surface area contributed by atoms with Crippen molar-refractivity contribution in [3.63, 3.8) is 0 Å². The van der Waals surface area contributed by atoms with Gasteiger partial charge in [0.2, 0.25) is 0 Å². The largest absolute Gasteiger partial charge is 0.458 e. The molecule has 186 valence electrons. The van der Waals surface area contributed by atoms with Gasteiger partial charge in [-0.1, -0.05) is 84.9 Å². The van der Waals surface area contributed by atoms with Gasteiger partial charge in [0.15, 0.2) is 0 Å². The molecule has 0 N–H and O–H groups in total. The molecule has 0 fully saturated rings. The summed E-state index contributed by atoms with van der Waals surface area (Å²) in [6.07, 6.45) is 0. The van der Waals surface area contributed by atoms with Crippen LogP contribution in [0.3, 0.4) is 0 Å². The summed E-state index contributed by atoms with van der Waals surface area (Å²) in [6, 6.07) is 49.8. The van der Waals surface area contributed by atoms with E-state index in [0.29, 0.717) is 0 Å². The Morgan fingerprint density at radius 3 is 2.00 bits per heavy atom. The molecule has 0 unspecified atom stereocenters. The second kappa shape index (κ2) is 8.14. The molecule has 0 radical (unpaired) electrons. The number of nitrogens with zero attached hydrogens (tertiary/aromatic N) is 2. The van der Waals surface area contributed by atoms with E-state index in [4.69, 9.17) is 4.74 Å². The van der Waals surface area contributed by atoms with Crippen LogP contribution in [0.15, 0.2) is 140 Å². The lowest BCUT2D eigenvalue weighted by atomic mass is 9.34. The van der Waals surface area contributed by atoms with Crippen LogP contribution in [0.1, 0.15) is 0 Å². The molecule has 3 heterocycles. The summed E-state index contributed by atoms with van der Waals surface area (Å²) >= 11 is 0. The number of hydrogen-bond acceptors (Lipinski definition) is 2. The van der Waals surface area contributed by atoms with Crippen molar-refractivity contribution in [3.05, 3.63) is 140 Å². The summed E-state index contributed by atoms with van der Waals surface area (Å²) in [4.78, 5) is 2.33. The SMILES string of the molecule is c1ccc(N(c2ccccc2)c2ccc3c4cccc5c4n(c3c2)-c2cccc3c2B5c2ccccc2O3)cc1. The lowest BCUT2D eigenvalue weighted by molar-refractivity contribution is 0.487. The minimum absolute atomic E-state index is 0.140. The van der Waals surface area contributed by atoms with E-state index >= 15 is 0 Å². The maximum atomic E-state index is 6.48. The van der Waals surface area contributed by atoms with Crippen LogP contribution >= 0.6 is 0 Å². The van der Waals surface area contributed by atoms with Gasteiger partial charge in [-0.3, -0.25) is 0 Å². The summed E-state index contributed by atoms with van der Waals surface area (Å²) in [7, 11) is 0. The van der Waals surface area contributed by atoms with Crippen LogP contribution in [-0.2, 0) is 0 Å². The predicted molar refractivity (Wildman–Crippen MR) is 167 cm³/mol. The summed E-state index contributed by atoms with van der Waals surface area (Å²) in [5.41, 5.74) is 10.9. The third-order valence-electron chi connectivity index (χ3n) is 8.42. The highest BCUT2D eigenvalue weighted by Crippen LogP contribution is 2.41. The lowest BCUT2D eigenvalue weighted by Crippen LogP contribution is -2.58. The maximum Gasteiger partial charge on any atom is 0.256 e. The van der Waals surface area contributed by atoms with Crippen LogP contribution in [0.2, 0.25) is 0 Å². The molecule has 7 aromatic rings. The molecule has 3 nitrogen and oxygen atoms in total. The number of fused-ring (bicyclic) bond motifs is 7. The highest BCUT2D eigenvalue weighted by atomic mass is 16.5. The first-order valence-corrected chi connectivity index (χ1v) is 13.7. The fourth-order valence-corrected chi connectivity index (χ4v) is 6.82. The highest BCUT2D eigenvalue weighted by Gasteiger charge is 2.39. The van der Waals surface area contributed by atoms with Gasteiger partial charge < -0.3 is 14.2 Å². The normalized spacial score (nSPS) is 12.7. The Kier molecular flexibility index (Phi) is 4.41. The van der Waals surface area contributed by atoms with Crippen molar-refractivity contribution in [2.24, 2.45) is 0 Å². The number of para-hydroxylation sites is 4. The van der Waals surface area contributed by atoms with Crippen molar-refractivity contribution in [2.45, 2.75) is 0 Å². The minimum atomic E-state index is 0.140. The quantitative estimate of drug-likeness (QED) is 0.234. The van der Waals surface area contributed by atoms with Gasteiger partial charge in [-0.05, 0) is 71.0 Å². The molecule has 4 heteroatoms. The van der Waals surface area contributed by atoms with Gasteiger partial charge in [-0.15, -0.1) is 0 Å². The number of hydrogen-bond donors (Lipinski definition) is 0. The zero-order valence-corrected chi connectivity index (χ0v) is 21.7. The van der Waals surface area contributed by atoms with Crippen molar-refractivity contribution >= 4 is 62.0 Å². The van der Waals surface area contributed by atoms with E-state index in [-0.39, 0.29) is 6.71 Å². The smallest absolute Gasteiger partial charge is 0.256 e. The molecule has 0 spiro atoms. The monoisotopic (exact) mass is 510 g/mol. The van der Waals surface area contributed by atoms with E-state index in [1.165, 1.54) is 43.9 Å². The first kappa shape index (κ1) is 21.7. The first-order valence-electron chi connectivity index (χ1n) is 13.7. The van der Waals surface area contributed by atoms with E-state index in [1.54, 1.807) is 0 Å². The molecule has 0 atom stereocenters. The molecule has 9 rings (SSSR count). The van der Waals surface area contributed by atoms with E-state index in [9.17, 15) is 0 Å². The fraction of sp³-hybridized carbons (Fsp3) is 0. The molecular formula is C36H23BN2O. The van der Waals surface area contributed by atoms with E-state index in [2.05, 4.69) is 149 Å². The highest BCUT2D eigenvalue weighted by molar-refractivity contribution is 6.99. The zero-order valence-electron chi connectivity index (χ0n) is 21.7. The molecule has 2 aliphatic rings. The molecule has 2 aliphatic heterocycles. The minimum Gasteiger partial charge on any atom is -0.458 e. The molecular weight excluding hydrogens is 487 g/mol. The van der Waals surface area contributed by atoms with Crippen molar-refractivity contribution in [1.29, 1.82) is 0 Å². The number of aromatic nitrogens is 1. The van der Waals surface area contributed by atoms with Gasteiger partial charge in [0.25, 0.3) is 6.71 Å². The Morgan fingerprint density at radius 1 is 0.525 bits per heavy atom. The van der Waals surface area contributed by atoms with Crippen molar-refractivity contribution in [3.8, 4) is 17.2 Å². The Hall–Kier alpha value is -5.22. The van der Waals surface area contributed by atoms with E-state index in [1.807, 2.05) is 0 Å². The standard InChI is InChI=1S/C36H23BN2O/c1-3-11-24(12-4-1)38(25-13-5-2-6-14-25)26-21-22-27-28-15-9-17-30-36(28)39(32(27)23-26)31-18-10-20-34-35(31)37(30)29-16-7-8-19-33(29)40-34/h1-23H. The van der Waals surface area contributed by atoms with Gasteiger partial charge in [0.1, 0.15) is 11.5 Å². The second-order valence-electron chi connectivity index (χ2n) is 10.5. The van der Waals surface area contributed by atoms with E-state index < -0.39 is 0 Å². The van der Waals surface area contributed by atoms with Crippen LogP contribution in [-0.4, -0.2) is 11.3 Å². The summed E-state index contributed by atoms with van der Waals surface area (Å²) in [6.45, 7) is 0.140. The molecule has 1 aromatic heterocycles. The van der Waals surface area contributed by atoms with Gasteiger partial charge in [0, 0.05) is 39.0 Å². The van der Waals surface area contributed by atoms with Crippen LogP contribution < -0.4 is 26.0 Å². The third-order valence-corrected chi connectivity index (χ3v) is 8.42. The Balaban J connectivity index is 1.36. The van der Waals surface area contributed by atoms with Gasteiger partial charge in [-0.2, -0.15) is 0 Å². The number of anilines is 3. The number of ether oxygens (including phenoxy) is 1. The Morgan fingerprint density at radius 2 is 1.20 bits per heavy atom. The first-order chi connectivity index (χ1) is 19.9. The number of benzene rings is 6. The lowest BCUT2D eigenvalue weighted by Gasteiger charge is -2.33. The van der Waals surface area contributed by atoms with Crippen LogP contribution in [0.5, 0.6) is 11.5 Å². The van der Waals surface area contributed by atoms with Gasteiger partial charge in [0.05, 0.1) is 5.52 Å². The fourth-order valence-electron chi connectivity index (χ4n) is 6.82. The summed E-state index contributed by atoms with van der Waals surface area (Å²) in [5.74, 6) is 1.89. The second-order valence-corrected chi connectivity index (χ2v) is 10.5. The summed E-state index contributed by atoms with van der Waals surface area (Å²) < 4.78 is 8.94. The van der Waals surface area contributed by atoms with Crippen molar-refractivity contribution in [1.82, 2.24) is 4.57 Å². The van der Waals surface area contributed by atoms with Crippen LogP contribution in [0.25, 0.3) is 27.5 Å². The average molecular weight is 510 g/mol. The maximum absolute atomic E-state index is 6.48. The number of rotatable bonds is 3. The molecule has 40 heavy (non-hydrogen) atoms. The molecule has 0 amide bonds. The Bertz CT molecular complexity index is 2060. The topological polar surface area (TPSA) is 17.4 Å². The van der Waals surface area contributed by atoms with Gasteiger partial charge in [-0.25, -0.2) is 0 Å². The van der Waals surface area contributed by atoms with Crippen LogP contribution in [0, 0.1) is 0 Å². The summed E-state index contributed by atoms with van der Waals surface area (Å²) in [5, 5.41) is 2.54.